The lowest BCUT2D eigenvalue weighted by molar-refractivity contribution is -0.139. The number of fused-ring (bicyclic) bond motifs is 1. The third kappa shape index (κ3) is 8.31. The van der Waals surface area contributed by atoms with E-state index < -0.39 is 61.8 Å². The number of carboxylic acid groups (broad SMARTS) is 1. The van der Waals surface area contributed by atoms with Gasteiger partial charge in [0.1, 0.15) is 12.6 Å². The highest BCUT2D eigenvalue weighted by atomic mass is 35.5. The molecule has 3 aromatic carbocycles. The van der Waals surface area contributed by atoms with Crippen molar-refractivity contribution in [1.29, 1.82) is 0 Å². The first kappa shape index (κ1) is 33.1. The van der Waals surface area contributed by atoms with Crippen LogP contribution in [0.5, 0.6) is 0 Å². The van der Waals surface area contributed by atoms with Crippen LogP contribution in [0.1, 0.15) is 20.7 Å². The number of rotatable bonds is 10. The Labute approximate surface area is 275 Å². The number of carbonyl (C=O) groups excluding carboxylic acids is 3. The van der Waals surface area contributed by atoms with Crippen molar-refractivity contribution in [2.24, 2.45) is 4.99 Å². The molecule has 13 nitrogen and oxygen atoms in total. The molecule has 7 N–H and O–H groups in total. The summed E-state index contributed by atoms with van der Waals surface area (Å²) in [6, 6.07) is 13.0. The maximum Gasteiger partial charge on any atom is 0.328 e. The molecule has 0 saturated carbocycles. The van der Waals surface area contributed by atoms with Gasteiger partial charge < -0.3 is 31.7 Å². The molecule has 244 valence electrons. The van der Waals surface area contributed by atoms with E-state index in [1.165, 1.54) is 24.3 Å². The quantitative estimate of drug-likeness (QED) is 0.132. The summed E-state index contributed by atoms with van der Waals surface area (Å²) >= 11 is 12.8. The molecule has 0 aliphatic carbocycles. The van der Waals surface area contributed by atoms with Crippen LogP contribution in [0.3, 0.4) is 0 Å². The number of benzene rings is 3. The highest BCUT2D eigenvalue weighted by Crippen LogP contribution is 2.33. The Hall–Kier alpha value is -5.28. The molecular weight excluding hydrogens is 661 g/mol. The molecule has 2 heterocycles. The molecule has 1 aliphatic heterocycles. The molecule has 0 saturated heterocycles. The number of hydrogen-bond acceptors (Lipinski definition) is 8. The van der Waals surface area contributed by atoms with Gasteiger partial charge in [-0.15, -0.1) is 0 Å². The Balaban J connectivity index is 1.14. The van der Waals surface area contributed by atoms with Crippen LogP contribution in [0.25, 0.3) is 22.0 Å². The van der Waals surface area contributed by atoms with Gasteiger partial charge in [0.2, 0.25) is 5.91 Å². The average Bonchev–Trinajstić information content (AvgIpc) is 3.51. The summed E-state index contributed by atoms with van der Waals surface area (Å²) in [7, 11) is 0. The van der Waals surface area contributed by atoms with Crippen LogP contribution in [0.4, 0.5) is 14.5 Å². The van der Waals surface area contributed by atoms with Gasteiger partial charge in [-0.25, -0.2) is 18.6 Å². The molecule has 5 rings (SSSR count). The number of carboxylic acids is 1. The molecule has 3 amide bonds. The number of alkyl halides is 2. The van der Waals surface area contributed by atoms with Gasteiger partial charge in [-0.2, -0.15) is 5.10 Å². The van der Waals surface area contributed by atoms with Crippen LogP contribution >= 0.6 is 23.2 Å². The van der Waals surface area contributed by atoms with Crippen LogP contribution in [-0.4, -0.2) is 83.1 Å². The highest BCUT2D eigenvalue weighted by Gasteiger charge is 2.32. The lowest BCUT2D eigenvalue weighted by Gasteiger charge is -2.23. The number of hydrogen-bond donors (Lipinski definition) is 7. The van der Waals surface area contributed by atoms with Crippen molar-refractivity contribution in [2.75, 3.05) is 31.5 Å². The van der Waals surface area contributed by atoms with Crippen molar-refractivity contribution < 1.29 is 33.1 Å². The van der Waals surface area contributed by atoms with Gasteiger partial charge in [0.05, 0.1) is 40.4 Å². The third-order valence-corrected chi connectivity index (χ3v) is 7.53. The Morgan fingerprint density at radius 3 is 2.45 bits per heavy atom. The summed E-state index contributed by atoms with van der Waals surface area (Å²) in [5.74, 6) is -6.50. The van der Waals surface area contributed by atoms with E-state index in [9.17, 15) is 33.1 Å². The molecule has 47 heavy (non-hydrogen) atoms. The molecule has 1 unspecified atom stereocenters. The van der Waals surface area contributed by atoms with Crippen molar-refractivity contribution >= 4 is 69.4 Å². The molecule has 0 bridgehead atoms. The van der Waals surface area contributed by atoms with Crippen molar-refractivity contribution in [1.82, 2.24) is 31.5 Å². The smallest absolute Gasteiger partial charge is 0.328 e. The van der Waals surface area contributed by atoms with Gasteiger partial charge in [0.15, 0.2) is 5.96 Å². The van der Waals surface area contributed by atoms with Crippen LogP contribution in [0.2, 0.25) is 10.0 Å². The predicted molar refractivity (Wildman–Crippen MR) is 171 cm³/mol. The van der Waals surface area contributed by atoms with Crippen molar-refractivity contribution in [3.05, 3.63) is 82.0 Å². The second-order valence-electron chi connectivity index (χ2n) is 10.4. The predicted octanol–water partition coefficient (Wildman–Crippen LogP) is 3.27. The van der Waals surface area contributed by atoms with E-state index in [1.54, 1.807) is 18.3 Å². The van der Waals surface area contributed by atoms with Crippen molar-refractivity contribution in [2.45, 2.75) is 12.0 Å². The fourth-order valence-electron chi connectivity index (χ4n) is 4.52. The molecular formula is C30H26Cl2F2N8O5. The molecule has 0 radical (unpaired) electrons. The summed E-state index contributed by atoms with van der Waals surface area (Å²) in [4.78, 5) is 53.6. The van der Waals surface area contributed by atoms with Crippen molar-refractivity contribution in [3.8, 4) is 11.1 Å². The van der Waals surface area contributed by atoms with Crippen LogP contribution in [-0.2, 0) is 9.59 Å². The van der Waals surface area contributed by atoms with Crippen LogP contribution < -0.4 is 26.6 Å². The maximum atomic E-state index is 13.3. The van der Waals surface area contributed by atoms with E-state index >= 15 is 0 Å². The maximum absolute atomic E-state index is 13.3. The standard InChI is InChI=1S/C30H26Cl2F2N8O5/c31-20-7-18(15-4-5-17-10-39-42-22(17)9-15)8-21(32)25(20)27(45)41-23(28(46)47)11-35-24(43)12-36-26(44)16-2-1-3-19(6-16)40-29-37-13-30(33,34)14-38-29/h1-10,23H,11-14H2,(H,35,43)(H,36,44)(H,39,42)(H,41,45)(H,46,47)(H2,37,38,40). The minimum atomic E-state index is -2.95. The number of amides is 3. The zero-order chi connectivity index (χ0) is 33.7. The summed E-state index contributed by atoms with van der Waals surface area (Å²) in [6.07, 6.45) is 1.67. The number of carbonyl (C=O) groups is 4. The minimum absolute atomic E-state index is 0.0191. The fraction of sp³-hybridized carbons (Fsp3) is 0.200. The molecule has 4 aromatic rings. The van der Waals surface area contributed by atoms with E-state index in [-0.39, 0.29) is 27.1 Å². The van der Waals surface area contributed by atoms with Crippen LogP contribution in [0, 0.1) is 0 Å². The van der Waals surface area contributed by atoms with Gasteiger partial charge in [0.25, 0.3) is 17.7 Å². The largest absolute Gasteiger partial charge is 0.480 e. The van der Waals surface area contributed by atoms with Gasteiger partial charge in [-0.1, -0.05) is 41.4 Å². The average molecular weight is 687 g/mol. The SMILES string of the molecule is O=C(CNC(=O)c1cccc(NC2=NCC(F)(F)CN2)c1)NCC(NC(=O)c1c(Cl)cc(-c2ccc3cn[nH]c3c2)cc1Cl)C(=O)O. The molecule has 1 atom stereocenters. The number of nitrogens with one attached hydrogen (secondary N) is 6. The number of anilines is 1. The van der Waals surface area contributed by atoms with E-state index in [1.807, 2.05) is 18.2 Å². The molecule has 1 aliphatic rings. The normalized spacial score (nSPS) is 14.3. The topological polar surface area (TPSA) is 190 Å². The number of H-pyrrole nitrogens is 1. The van der Waals surface area contributed by atoms with Gasteiger partial charge in [0, 0.05) is 23.2 Å². The summed E-state index contributed by atoms with van der Waals surface area (Å²) in [5, 5.41) is 29.7. The first-order chi connectivity index (χ1) is 22.4. The number of halogens is 4. The third-order valence-electron chi connectivity index (χ3n) is 6.93. The zero-order valence-corrected chi connectivity index (χ0v) is 25.7. The van der Waals surface area contributed by atoms with Gasteiger partial charge >= 0.3 is 5.97 Å². The lowest BCUT2D eigenvalue weighted by atomic mass is 10.0. The molecule has 1 aromatic heterocycles. The summed E-state index contributed by atoms with van der Waals surface area (Å²) < 4.78 is 26.6. The van der Waals surface area contributed by atoms with E-state index in [0.29, 0.717) is 11.3 Å². The van der Waals surface area contributed by atoms with Gasteiger partial charge in [-0.3, -0.25) is 19.5 Å². The number of nitrogens with zero attached hydrogens (tertiary/aromatic N) is 2. The zero-order valence-electron chi connectivity index (χ0n) is 24.2. The fourth-order valence-corrected chi connectivity index (χ4v) is 5.18. The summed E-state index contributed by atoms with van der Waals surface area (Å²) in [5.41, 5.74) is 2.55. The molecule has 17 heteroatoms. The van der Waals surface area contributed by atoms with E-state index in [0.717, 1.165) is 16.5 Å². The number of aliphatic imine (C=N–C) groups is 1. The first-order valence-corrected chi connectivity index (χ1v) is 14.7. The van der Waals surface area contributed by atoms with Crippen LogP contribution in [0.15, 0.2) is 65.8 Å². The highest BCUT2D eigenvalue weighted by molar-refractivity contribution is 6.40. The number of aromatic amines is 1. The van der Waals surface area contributed by atoms with E-state index in [2.05, 4.69) is 41.8 Å². The Kier molecular flexibility index (Phi) is 9.86. The Morgan fingerprint density at radius 2 is 1.74 bits per heavy atom. The Morgan fingerprint density at radius 1 is 0.979 bits per heavy atom. The Bertz CT molecular complexity index is 1880. The van der Waals surface area contributed by atoms with Crippen molar-refractivity contribution in [3.63, 3.8) is 0 Å². The lowest BCUT2D eigenvalue weighted by Crippen LogP contribution is -2.50. The molecule has 0 spiro atoms. The molecule has 0 fully saturated rings. The van der Waals surface area contributed by atoms with Gasteiger partial charge in [-0.05, 0) is 47.5 Å². The van der Waals surface area contributed by atoms with E-state index in [4.69, 9.17) is 23.2 Å². The monoisotopic (exact) mass is 686 g/mol. The minimum Gasteiger partial charge on any atom is -0.480 e. The summed E-state index contributed by atoms with van der Waals surface area (Å²) in [6.45, 7) is -2.28. The number of aliphatic carboxylic acids is 1. The number of guanidine groups is 1. The second-order valence-corrected chi connectivity index (χ2v) is 11.2. The number of aromatic nitrogens is 2. The first-order valence-electron chi connectivity index (χ1n) is 13.9. The second kappa shape index (κ2) is 14.0.